The Morgan fingerprint density at radius 3 is 2.84 bits per heavy atom. The van der Waals surface area contributed by atoms with Crippen molar-refractivity contribution >= 4 is 39.6 Å². The standard InChI is InChI=1S/C16H18INS/c1-11(18-14-7-4-6-13(17)10-14)16-9-12-5-2-3-8-15(12)19-16/h4,6-7,9-11,18H,2-3,5,8H2,1H3. The maximum Gasteiger partial charge on any atom is 0.0578 e. The van der Waals surface area contributed by atoms with Gasteiger partial charge < -0.3 is 5.32 Å². The Morgan fingerprint density at radius 2 is 2.05 bits per heavy atom. The predicted octanol–water partition coefficient (Wildman–Crippen LogP) is 5.40. The maximum atomic E-state index is 3.61. The zero-order chi connectivity index (χ0) is 13.2. The van der Waals surface area contributed by atoms with Crippen molar-refractivity contribution in [1.82, 2.24) is 0 Å². The van der Waals surface area contributed by atoms with Crippen LogP contribution in [-0.2, 0) is 12.8 Å². The summed E-state index contributed by atoms with van der Waals surface area (Å²) in [6.07, 6.45) is 5.30. The van der Waals surface area contributed by atoms with Crippen LogP contribution in [0.1, 0.15) is 41.1 Å². The molecule has 2 aromatic rings. The normalized spacial score (nSPS) is 15.9. The second kappa shape index (κ2) is 5.83. The lowest BCUT2D eigenvalue weighted by molar-refractivity contribution is 0.696. The molecule has 0 saturated heterocycles. The molecule has 0 amide bonds. The van der Waals surface area contributed by atoms with Crippen molar-refractivity contribution in [2.24, 2.45) is 0 Å². The van der Waals surface area contributed by atoms with Crippen LogP contribution in [0.25, 0.3) is 0 Å². The molecular weight excluding hydrogens is 365 g/mol. The van der Waals surface area contributed by atoms with Gasteiger partial charge in [-0.05, 0) is 85.0 Å². The Balaban J connectivity index is 1.76. The molecule has 3 rings (SSSR count). The predicted molar refractivity (Wildman–Crippen MR) is 92.2 cm³/mol. The third-order valence-electron chi connectivity index (χ3n) is 3.65. The van der Waals surface area contributed by atoms with Crippen LogP contribution in [0.15, 0.2) is 30.3 Å². The van der Waals surface area contributed by atoms with Gasteiger partial charge in [-0.1, -0.05) is 6.07 Å². The van der Waals surface area contributed by atoms with Gasteiger partial charge in [0.15, 0.2) is 0 Å². The van der Waals surface area contributed by atoms with Crippen LogP contribution in [-0.4, -0.2) is 0 Å². The highest BCUT2D eigenvalue weighted by molar-refractivity contribution is 14.1. The quantitative estimate of drug-likeness (QED) is 0.700. The van der Waals surface area contributed by atoms with Gasteiger partial charge >= 0.3 is 0 Å². The van der Waals surface area contributed by atoms with E-state index >= 15 is 0 Å². The molecule has 1 N–H and O–H groups in total. The first-order valence-electron chi connectivity index (χ1n) is 6.86. The fourth-order valence-electron chi connectivity index (χ4n) is 2.63. The minimum atomic E-state index is 0.397. The van der Waals surface area contributed by atoms with Crippen LogP contribution in [0.4, 0.5) is 5.69 Å². The van der Waals surface area contributed by atoms with Gasteiger partial charge in [0.05, 0.1) is 6.04 Å². The van der Waals surface area contributed by atoms with Crippen molar-refractivity contribution in [3.8, 4) is 0 Å². The summed E-state index contributed by atoms with van der Waals surface area (Å²) >= 11 is 4.36. The number of aryl methyl sites for hydroxylation is 2. The molecule has 1 nitrogen and oxygen atoms in total. The Morgan fingerprint density at radius 1 is 1.21 bits per heavy atom. The average Bonchev–Trinajstić information content (AvgIpc) is 2.82. The van der Waals surface area contributed by atoms with E-state index in [9.17, 15) is 0 Å². The summed E-state index contributed by atoms with van der Waals surface area (Å²) in [5.74, 6) is 0. The van der Waals surface area contributed by atoms with Gasteiger partial charge in [-0.3, -0.25) is 0 Å². The molecule has 0 saturated carbocycles. The van der Waals surface area contributed by atoms with Crippen LogP contribution in [0.5, 0.6) is 0 Å². The molecule has 19 heavy (non-hydrogen) atoms. The largest absolute Gasteiger partial charge is 0.378 e. The van der Waals surface area contributed by atoms with Crippen LogP contribution >= 0.6 is 33.9 Å². The fourth-order valence-corrected chi connectivity index (χ4v) is 4.43. The molecule has 1 heterocycles. The average molecular weight is 383 g/mol. The van der Waals surface area contributed by atoms with Crippen LogP contribution in [0, 0.1) is 3.57 Å². The summed E-state index contributed by atoms with van der Waals surface area (Å²) in [4.78, 5) is 3.10. The second-order valence-electron chi connectivity index (χ2n) is 5.18. The SMILES string of the molecule is CC(Nc1cccc(I)c1)c1cc2c(s1)CCCC2. The number of hydrogen-bond donors (Lipinski definition) is 1. The molecule has 1 aliphatic carbocycles. The van der Waals surface area contributed by atoms with E-state index in [1.807, 2.05) is 11.3 Å². The van der Waals surface area contributed by atoms with Crippen LogP contribution in [0.3, 0.4) is 0 Å². The number of benzene rings is 1. The van der Waals surface area contributed by atoms with Gasteiger partial charge in [0.2, 0.25) is 0 Å². The summed E-state index contributed by atoms with van der Waals surface area (Å²) < 4.78 is 1.28. The molecule has 1 unspecified atom stereocenters. The molecule has 3 heteroatoms. The lowest BCUT2D eigenvalue weighted by atomic mass is 9.99. The highest BCUT2D eigenvalue weighted by atomic mass is 127. The van der Waals surface area contributed by atoms with E-state index in [4.69, 9.17) is 0 Å². The van der Waals surface area contributed by atoms with E-state index in [1.54, 1.807) is 10.4 Å². The van der Waals surface area contributed by atoms with E-state index in [1.165, 1.54) is 39.8 Å². The highest BCUT2D eigenvalue weighted by Gasteiger charge is 2.16. The van der Waals surface area contributed by atoms with E-state index in [-0.39, 0.29) is 0 Å². The fraction of sp³-hybridized carbons (Fsp3) is 0.375. The van der Waals surface area contributed by atoms with Crippen molar-refractivity contribution in [2.45, 2.75) is 38.6 Å². The molecule has 1 aliphatic rings. The highest BCUT2D eigenvalue weighted by Crippen LogP contribution is 2.34. The Bertz CT molecular complexity index is 552. The van der Waals surface area contributed by atoms with Crippen molar-refractivity contribution in [2.75, 3.05) is 5.32 Å². The number of halogens is 1. The molecule has 0 fully saturated rings. The minimum absolute atomic E-state index is 0.397. The van der Waals surface area contributed by atoms with Gasteiger partial charge in [-0.2, -0.15) is 0 Å². The van der Waals surface area contributed by atoms with E-state index in [0.717, 1.165) is 0 Å². The van der Waals surface area contributed by atoms with E-state index in [0.29, 0.717) is 6.04 Å². The first-order valence-corrected chi connectivity index (χ1v) is 8.75. The van der Waals surface area contributed by atoms with Gasteiger partial charge in [0.1, 0.15) is 0 Å². The second-order valence-corrected chi connectivity index (χ2v) is 7.59. The van der Waals surface area contributed by atoms with E-state index in [2.05, 4.69) is 65.2 Å². The van der Waals surface area contributed by atoms with Gasteiger partial charge in [0, 0.05) is 19.0 Å². The first-order chi connectivity index (χ1) is 9.22. The number of rotatable bonds is 3. The van der Waals surface area contributed by atoms with Gasteiger partial charge in [-0.15, -0.1) is 11.3 Å². The zero-order valence-electron chi connectivity index (χ0n) is 11.1. The Kier molecular flexibility index (Phi) is 4.12. The molecule has 0 radical (unpaired) electrons. The number of nitrogens with one attached hydrogen (secondary N) is 1. The van der Waals surface area contributed by atoms with Crippen molar-refractivity contribution in [3.63, 3.8) is 0 Å². The Labute approximate surface area is 132 Å². The van der Waals surface area contributed by atoms with Crippen LogP contribution < -0.4 is 5.32 Å². The lowest BCUT2D eigenvalue weighted by Gasteiger charge is -2.13. The molecule has 0 spiro atoms. The smallest absolute Gasteiger partial charge is 0.0578 e. The topological polar surface area (TPSA) is 12.0 Å². The maximum absolute atomic E-state index is 3.61. The Hall–Kier alpha value is -0.550. The summed E-state index contributed by atoms with van der Waals surface area (Å²) in [6.45, 7) is 2.26. The van der Waals surface area contributed by atoms with Crippen molar-refractivity contribution in [3.05, 3.63) is 49.2 Å². The monoisotopic (exact) mass is 383 g/mol. The first kappa shape index (κ1) is 13.4. The number of fused-ring (bicyclic) bond motifs is 1. The third kappa shape index (κ3) is 3.14. The summed E-state index contributed by atoms with van der Waals surface area (Å²) in [5, 5.41) is 3.61. The summed E-state index contributed by atoms with van der Waals surface area (Å²) in [5.41, 5.74) is 2.81. The molecular formula is C16H18INS. The minimum Gasteiger partial charge on any atom is -0.378 e. The van der Waals surface area contributed by atoms with Crippen LogP contribution in [0.2, 0.25) is 0 Å². The van der Waals surface area contributed by atoms with Gasteiger partial charge in [0.25, 0.3) is 0 Å². The summed E-state index contributed by atoms with van der Waals surface area (Å²) in [6, 6.07) is 11.4. The van der Waals surface area contributed by atoms with Crippen molar-refractivity contribution in [1.29, 1.82) is 0 Å². The third-order valence-corrected chi connectivity index (χ3v) is 5.74. The van der Waals surface area contributed by atoms with E-state index < -0.39 is 0 Å². The molecule has 0 aliphatic heterocycles. The molecule has 1 atom stereocenters. The van der Waals surface area contributed by atoms with Gasteiger partial charge in [-0.25, -0.2) is 0 Å². The molecule has 0 bridgehead atoms. The molecule has 1 aromatic heterocycles. The molecule has 100 valence electrons. The van der Waals surface area contributed by atoms with Crippen molar-refractivity contribution < 1.29 is 0 Å². The number of thiophene rings is 1. The molecule has 1 aromatic carbocycles. The lowest BCUT2D eigenvalue weighted by Crippen LogP contribution is -2.04. The summed E-state index contributed by atoms with van der Waals surface area (Å²) in [7, 11) is 0. The number of anilines is 1. The zero-order valence-corrected chi connectivity index (χ0v) is 14.1. The number of hydrogen-bond acceptors (Lipinski definition) is 2.